The van der Waals surface area contributed by atoms with E-state index in [2.05, 4.69) is 18.2 Å². The van der Waals surface area contributed by atoms with Crippen molar-refractivity contribution in [1.29, 1.82) is 15.8 Å². The van der Waals surface area contributed by atoms with Gasteiger partial charge in [-0.3, -0.25) is 9.20 Å². The highest BCUT2D eigenvalue weighted by Crippen LogP contribution is 2.52. The van der Waals surface area contributed by atoms with E-state index in [1.54, 1.807) is 34.7 Å². The van der Waals surface area contributed by atoms with Crippen molar-refractivity contribution in [2.24, 2.45) is 0 Å². The van der Waals surface area contributed by atoms with Gasteiger partial charge in [-0.2, -0.15) is 15.8 Å². The summed E-state index contributed by atoms with van der Waals surface area (Å²) in [7, 11) is 0. The maximum absolute atomic E-state index is 14.2. The molecule has 0 saturated heterocycles. The lowest BCUT2D eigenvalue weighted by Gasteiger charge is -2.25. The molecule has 2 aromatic heterocycles. The molecule has 0 aliphatic carbocycles. The Hall–Kier alpha value is -5.97. The van der Waals surface area contributed by atoms with Gasteiger partial charge in [-0.1, -0.05) is 24.3 Å². The van der Waals surface area contributed by atoms with Crippen molar-refractivity contribution in [3.8, 4) is 40.8 Å². The third-order valence-electron chi connectivity index (χ3n) is 7.40. The predicted octanol–water partition coefficient (Wildman–Crippen LogP) is 6.13. The van der Waals surface area contributed by atoms with E-state index in [9.17, 15) is 20.6 Å². The molecule has 0 bridgehead atoms. The van der Waals surface area contributed by atoms with Crippen LogP contribution < -0.4 is 10.3 Å². The standard InChI is InChI=1S/C31H11N5O2/c32-12-15-7-8-24-19(9-15)25-17(13-33)10-20-27-21(11-18(14-34)29(38-24)28(25)27)31(37)36-23-6-2-4-16-3-1-5-22(26(16)23)35-30(20)36/h1-11H. The highest BCUT2D eigenvalue weighted by molar-refractivity contribution is 6.24. The minimum Gasteiger partial charge on any atom is -0.455 e. The average molecular weight is 485 g/mol. The summed E-state index contributed by atoms with van der Waals surface area (Å²) in [5.74, 6) is 0.726. The van der Waals surface area contributed by atoms with Gasteiger partial charge in [0.25, 0.3) is 5.56 Å². The summed E-state index contributed by atoms with van der Waals surface area (Å²) in [6, 6.07) is 26.4. The second-order valence-electron chi connectivity index (χ2n) is 9.27. The molecule has 0 radical (unpaired) electrons. The molecule has 3 heterocycles. The molecule has 172 valence electrons. The number of rotatable bonds is 0. The van der Waals surface area contributed by atoms with E-state index in [-0.39, 0.29) is 16.9 Å². The van der Waals surface area contributed by atoms with Crippen LogP contribution in [0.1, 0.15) is 16.7 Å². The van der Waals surface area contributed by atoms with Gasteiger partial charge >= 0.3 is 0 Å². The smallest absolute Gasteiger partial charge is 0.264 e. The lowest BCUT2D eigenvalue weighted by Crippen LogP contribution is -2.17. The van der Waals surface area contributed by atoms with Crippen LogP contribution in [0.4, 0.5) is 0 Å². The Morgan fingerprint density at radius 1 is 0.789 bits per heavy atom. The second-order valence-corrected chi connectivity index (χ2v) is 9.27. The van der Waals surface area contributed by atoms with Crippen LogP contribution in [0.2, 0.25) is 0 Å². The summed E-state index contributed by atoms with van der Waals surface area (Å²) in [6.07, 6.45) is 0. The minimum atomic E-state index is -0.312. The summed E-state index contributed by atoms with van der Waals surface area (Å²) in [6.45, 7) is 0. The van der Waals surface area contributed by atoms with Gasteiger partial charge in [-0.15, -0.1) is 0 Å². The Kier molecular flexibility index (Phi) is 3.64. The molecule has 7 nitrogen and oxygen atoms in total. The molecule has 1 aliphatic rings. The Morgan fingerprint density at radius 2 is 1.58 bits per heavy atom. The monoisotopic (exact) mass is 485 g/mol. The number of hydrogen-bond donors (Lipinski definition) is 0. The number of aromatic nitrogens is 2. The van der Waals surface area contributed by atoms with E-state index in [0.29, 0.717) is 60.7 Å². The number of ether oxygens (including phenoxy) is 1. The maximum Gasteiger partial charge on any atom is 0.264 e. The third-order valence-corrected chi connectivity index (χ3v) is 7.40. The van der Waals surface area contributed by atoms with Crippen molar-refractivity contribution in [3.05, 3.63) is 93.8 Å². The lowest BCUT2D eigenvalue weighted by molar-refractivity contribution is 0.485. The van der Waals surface area contributed by atoms with Gasteiger partial charge in [-0.25, -0.2) is 4.98 Å². The minimum absolute atomic E-state index is 0.189. The fraction of sp³-hybridized carbons (Fsp3) is 0. The average Bonchev–Trinajstić information content (AvgIpc) is 2.96. The third kappa shape index (κ3) is 2.29. The highest BCUT2D eigenvalue weighted by atomic mass is 16.5. The van der Waals surface area contributed by atoms with Gasteiger partial charge in [0.15, 0.2) is 5.75 Å². The van der Waals surface area contributed by atoms with E-state index in [4.69, 9.17) is 9.72 Å². The van der Waals surface area contributed by atoms with Gasteiger partial charge in [0.2, 0.25) is 0 Å². The first-order valence-electron chi connectivity index (χ1n) is 11.8. The van der Waals surface area contributed by atoms with Crippen molar-refractivity contribution in [2.45, 2.75) is 0 Å². The fourth-order valence-corrected chi connectivity index (χ4v) is 5.87. The number of nitriles is 3. The SMILES string of the molecule is N#Cc1ccc2c(c1)-c1c(C#N)cc3c4c1c(c(C#N)cc4c(=O)n1c4cccc5cccc(nc31)c54)O2. The van der Waals surface area contributed by atoms with Crippen molar-refractivity contribution in [2.75, 3.05) is 0 Å². The van der Waals surface area contributed by atoms with E-state index >= 15 is 0 Å². The summed E-state index contributed by atoms with van der Waals surface area (Å²) in [5.41, 5.74) is 3.58. The van der Waals surface area contributed by atoms with E-state index in [0.717, 1.165) is 16.3 Å². The van der Waals surface area contributed by atoms with Crippen LogP contribution >= 0.6 is 0 Å². The zero-order valence-corrected chi connectivity index (χ0v) is 19.4. The van der Waals surface area contributed by atoms with Crippen LogP contribution in [-0.4, -0.2) is 9.38 Å². The van der Waals surface area contributed by atoms with Crippen LogP contribution in [-0.2, 0) is 0 Å². The van der Waals surface area contributed by atoms with Gasteiger partial charge in [0, 0.05) is 32.7 Å². The Morgan fingerprint density at radius 3 is 2.37 bits per heavy atom. The highest BCUT2D eigenvalue weighted by Gasteiger charge is 2.30. The first-order valence-corrected chi connectivity index (χ1v) is 11.8. The summed E-state index contributed by atoms with van der Waals surface area (Å²) in [4.78, 5) is 19.1. The maximum atomic E-state index is 14.2. The molecular formula is C31H11N5O2. The van der Waals surface area contributed by atoms with E-state index < -0.39 is 0 Å². The van der Waals surface area contributed by atoms with Gasteiger partial charge in [-0.05, 0) is 47.9 Å². The normalized spacial score (nSPS) is 11.9. The molecular weight excluding hydrogens is 474 g/mol. The molecule has 0 spiro atoms. The van der Waals surface area contributed by atoms with Gasteiger partial charge in [0.1, 0.15) is 17.5 Å². The van der Waals surface area contributed by atoms with E-state index in [1.165, 1.54) is 0 Å². The zero-order chi connectivity index (χ0) is 25.7. The summed E-state index contributed by atoms with van der Waals surface area (Å²) in [5, 5.41) is 33.7. The number of benzene rings is 5. The lowest BCUT2D eigenvalue weighted by atomic mass is 9.86. The first-order chi connectivity index (χ1) is 18.6. The second kappa shape index (κ2) is 6.83. The Labute approximate surface area is 213 Å². The van der Waals surface area contributed by atoms with Crippen molar-refractivity contribution in [3.63, 3.8) is 0 Å². The number of hydrogen-bond acceptors (Lipinski definition) is 6. The van der Waals surface area contributed by atoms with Crippen LogP contribution in [0.5, 0.6) is 11.5 Å². The zero-order valence-electron chi connectivity index (χ0n) is 19.4. The molecule has 0 atom stereocenters. The van der Waals surface area contributed by atoms with Crippen molar-refractivity contribution in [1.82, 2.24) is 9.38 Å². The first kappa shape index (κ1) is 20.2. The molecule has 1 aliphatic heterocycles. The van der Waals surface area contributed by atoms with E-state index in [1.807, 2.05) is 36.4 Å². The Bertz CT molecular complexity index is 2430. The fourth-order valence-electron chi connectivity index (χ4n) is 5.87. The van der Waals surface area contributed by atoms with Crippen molar-refractivity contribution >= 4 is 49.0 Å². The Balaban J connectivity index is 1.71. The van der Waals surface area contributed by atoms with Crippen molar-refractivity contribution < 1.29 is 4.74 Å². The molecule has 0 amide bonds. The van der Waals surface area contributed by atoms with Gasteiger partial charge in [0.05, 0.1) is 45.2 Å². The molecule has 5 aromatic carbocycles. The number of pyridine rings is 1. The van der Waals surface area contributed by atoms with Crippen LogP contribution in [0, 0.1) is 34.0 Å². The molecule has 7 aromatic rings. The molecule has 38 heavy (non-hydrogen) atoms. The molecule has 7 heteroatoms. The predicted molar refractivity (Wildman–Crippen MR) is 142 cm³/mol. The number of fused-ring (bicyclic) bond motifs is 5. The van der Waals surface area contributed by atoms with Crippen LogP contribution in [0.15, 0.2) is 71.5 Å². The molecule has 0 unspecified atom stereocenters. The summed E-state index contributed by atoms with van der Waals surface area (Å²) >= 11 is 0. The molecule has 8 rings (SSSR count). The van der Waals surface area contributed by atoms with Crippen LogP contribution in [0.3, 0.4) is 0 Å². The molecule has 0 fully saturated rings. The number of nitrogens with zero attached hydrogens (tertiary/aromatic N) is 5. The van der Waals surface area contributed by atoms with Gasteiger partial charge < -0.3 is 4.74 Å². The molecule has 0 saturated carbocycles. The quantitative estimate of drug-likeness (QED) is 0.188. The van der Waals surface area contributed by atoms with Crippen LogP contribution in [0.25, 0.3) is 60.1 Å². The largest absolute Gasteiger partial charge is 0.455 e. The topological polar surface area (TPSA) is 115 Å². The molecule has 0 N–H and O–H groups in total. The summed E-state index contributed by atoms with van der Waals surface area (Å²) < 4.78 is 7.79.